The van der Waals surface area contributed by atoms with E-state index in [0.29, 0.717) is 18.7 Å². The van der Waals surface area contributed by atoms with E-state index in [1.54, 1.807) is 19.2 Å². The van der Waals surface area contributed by atoms with Gasteiger partial charge in [0.15, 0.2) is 0 Å². The number of urea groups is 1. The molecule has 0 aliphatic rings. The van der Waals surface area contributed by atoms with Crippen molar-refractivity contribution in [2.24, 2.45) is 5.92 Å². The van der Waals surface area contributed by atoms with E-state index in [2.05, 4.69) is 10.6 Å². The first-order chi connectivity index (χ1) is 9.93. The van der Waals surface area contributed by atoms with E-state index < -0.39 is 18.0 Å². The lowest BCUT2D eigenvalue weighted by atomic mass is 10.0. The molecule has 3 N–H and O–H groups in total. The second-order valence-electron chi connectivity index (χ2n) is 5.21. The summed E-state index contributed by atoms with van der Waals surface area (Å²) in [5, 5.41) is 14.2. The molecule has 0 aliphatic carbocycles. The molecule has 6 nitrogen and oxygen atoms in total. The highest BCUT2D eigenvalue weighted by Gasteiger charge is 2.21. The first-order valence-corrected chi connectivity index (χ1v) is 6.81. The fourth-order valence-corrected chi connectivity index (χ4v) is 1.93. The number of aliphatic carboxylic acids is 1. The maximum atomic E-state index is 11.9. The predicted octanol–water partition coefficient (Wildman–Crippen LogP) is 2.45. The average molecular weight is 294 g/mol. The van der Waals surface area contributed by atoms with Gasteiger partial charge >= 0.3 is 12.0 Å². The van der Waals surface area contributed by atoms with Crippen molar-refractivity contribution < 1.29 is 19.4 Å². The third-order valence-electron chi connectivity index (χ3n) is 2.88. The van der Waals surface area contributed by atoms with Crippen LogP contribution < -0.4 is 10.6 Å². The number of hydrogen-bond donors (Lipinski definition) is 3. The summed E-state index contributed by atoms with van der Waals surface area (Å²) in [7, 11) is 1.57. The molecule has 21 heavy (non-hydrogen) atoms. The first kappa shape index (κ1) is 17.0. The van der Waals surface area contributed by atoms with Crippen molar-refractivity contribution in [3.05, 3.63) is 29.8 Å². The number of carboxylic acids is 1. The minimum absolute atomic E-state index is 0.173. The molecule has 0 spiro atoms. The molecule has 1 atom stereocenters. The Bertz CT molecular complexity index is 488. The summed E-state index contributed by atoms with van der Waals surface area (Å²) in [6.45, 7) is 4.18. The Hall–Kier alpha value is -2.08. The predicted molar refractivity (Wildman–Crippen MR) is 80.2 cm³/mol. The third kappa shape index (κ3) is 5.83. The van der Waals surface area contributed by atoms with Crippen LogP contribution >= 0.6 is 0 Å². The van der Waals surface area contributed by atoms with E-state index in [4.69, 9.17) is 9.84 Å². The molecule has 0 fully saturated rings. The van der Waals surface area contributed by atoms with Gasteiger partial charge in [0.05, 0.1) is 6.61 Å². The molecule has 116 valence electrons. The van der Waals surface area contributed by atoms with E-state index in [9.17, 15) is 9.59 Å². The lowest BCUT2D eigenvalue weighted by molar-refractivity contribution is -0.139. The van der Waals surface area contributed by atoms with Gasteiger partial charge in [-0.25, -0.2) is 9.59 Å². The number of para-hydroxylation sites is 1. The second-order valence-corrected chi connectivity index (χ2v) is 5.21. The van der Waals surface area contributed by atoms with Crippen LogP contribution in [-0.2, 0) is 16.1 Å². The van der Waals surface area contributed by atoms with Gasteiger partial charge in [-0.15, -0.1) is 0 Å². The molecule has 1 aromatic rings. The number of carboxylic acid groups (broad SMARTS) is 1. The molecular formula is C15H22N2O4. The minimum atomic E-state index is -1.04. The van der Waals surface area contributed by atoms with E-state index in [-0.39, 0.29) is 5.92 Å². The Kier molecular flexibility index (Phi) is 6.68. The third-order valence-corrected chi connectivity index (χ3v) is 2.88. The van der Waals surface area contributed by atoms with Gasteiger partial charge in [0.1, 0.15) is 6.04 Å². The van der Waals surface area contributed by atoms with Gasteiger partial charge in [0.2, 0.25) is 0 Å². The van der Waals surface area contributed by atoms with Gasteiger partial charge in [0, 0.05) is 18.4 Å². The number of nitrogens with one attached hydrogen (secondary N) is 2. The Balaban J connectivity index is 2.70. The van der Waals surface area contributed by atoms with Crippen LogP contribution in [0.4, 0.5) is 10.5 Å². The van der Waals surface area contributed by atoms with Crippen molar-refractivity contribution in [3.8, 4) is 0 Å². The van der Waals surface area contributed by atoms with Crippen molar-refractivity contribution in [1.82, 2.24) is 5.32 Å². The summed E-state index contributed by atoms with van der Waals surface area (Å²) in [6, 6.07) is 5.77. The standard InChI is InChI=1S/C15H22N2O4/c1-10(2)8-13(14(18)19)17-15(20)16-12-7-5-4-6-11(12)9-21-3/h4-7,10,13H,8-9H2,1-3H3,(H,18,19)(H2,16,17,20)/t13-/m1/s1. The Morgan fingerprint density at radius 2 is 1.95 bits per heavy atom. The van der Waals surface area contributed by atoms with Gasteiger partial charge in [-0.05, 0) is 18.4 Å². The maximum absolute atomic E-state index is 11.9. The van der Waals surface area contributed by atoms with Crippen LogP contribution in [0.3, 0.4) is 0 Å². The molecule has 0 saturated heterocycles. The molecule has 1 rings (SSSR count). The van der Waals surface area contributed by atoms with Crippen LogP contribution in [-0.4, -0.2) is 30.3 Å². The van der Waals surface area contributed by atoms with Gasteiger partial charge < -0.3 is 20.5 Å². The zero-order valence-electron chi connectivity index (χ0n) is 12.6. The molecular weight excluding hydrogens is 272 g/mol. The number of ether oxygens (including phenoxy) is 1. The lowest BCUT2D eigenvalue weighted by Gasteiger charge is -2.17. The Morgan fingerprint density at radius 1 is 1.29 bits per heavy atom. The van der Waals surface area contributed by atoms with E-state index >= 15 is 0 Å². The van der Waals surface area contributed by atoms with Crippen molar-refractivity contribution in [2.45, 2.75) is 32.9 Å². The monoisotopic (exact) mass is 294 g/mol. The van der Waals surface area contributed by atoms with Crippen molar-refractivity contribution >= 4 is 17.7 Å². The topological polar surface area (TPSA) is 87.7 Å². The molecule has 1 aromatic carbocycles. The van der Waals surface area contributed by atoms with Crippen LogP contribution in [0.5, 0.6) is 0 Å². The van der Waals surface area contributed by atoms with Crippen LogP contribution in [0.1, 0.15) is 25.8 Å². The summed E-state index contributed by atoms with van der Waals surface area (Å²) < 4.78 is 5.06. The minimum Gasteiger partial charge on any atom is -0.480 e. The molecule has 0 aromatic heterocycles. The van der Waals surface area contributed by atoms with Crippen molar-refractivity contribution in [1.29, 1.82) is 0 Å². The van der Waals surface area contributed by atoms with Gasteiger partial charge in [0.25, 0.3) is 0 Å². The maximum Gasteiger partial charge on any atom is 0.326 e. The molecule has 0 heterocycles. The normalized spacial score (nSPS) is 12.0. The van der Waals surface area contributed by atoms with Gasteiger partial charge in [-0.2, -0.15) is 0 Å². The van der Waals surface area contributed by atoms with E-state index in [1.807, 2.05) is 26.0 Å². The van der Waals surface area contributed by atoms with E-state index in [1.165, 1.54) is 0 Å². The lowest BCUT2D eigenvalue weighted by Crippen LogP contribution is -2.43. The molecule has 0 bridgehead atoms. The number of carbonyl (C=O) groups is 2. The van der Waals surface area contributed by atoms with Crippen molar-refractivity contribution in [3.63, 3.8) is 0 Å². The summed E-state index contributed by atoms with van der Waals surface area (Å²) in [5.41, 5.74) is 1.43. The van der Waals surface area contributed by atoms with Gasteiger partial charge in [-0.1, -0.05) is 32.0 Å². The van der Waals surface area contributed by atoms with Crippen LogP contribution in [0.2, 0.25) is 0 Å². The summed E-state index contributed by atoms with van der Waals surface area (Å²) in [4.78, 5) is 23.1. The van der Waals surface area contributed by atoms with Crippen LogP contribution in [0.15, 0.2) is 24.3 Å². The fraction of sp³-hybridized carbons (Fsp3) is 0.467. The number of benzene rings is 1. The second kappa shape index (κ2) is 8.26. The number of hydrogen-bond acceptors (Lipinski definition) is 3. The summed E-state index contributed by atoms with van der Waals surface area (Å²) in [6.07, 6.45) is 0.377. The molecule has 0 saturated carbocycles. The fourth-order valence-electron chi connectivity index (χ4n) is 1.93. The SMILES string of the molecule is COCc1ccccc1NC(=O)N[C@H](CC(C)C)C(=O)O. The smallest absolute Gasteiger partial charge is 0.326 e. The van der Waals surface area contributed by atoms with Gasteiger partial charge in [-0.3, -0.25) is 0 Å². The molecule has 6 heteroatoms. The number of anilines is 1. The Morgan fingerprint density at radius 3 is 2.52 bits per heavy atom. The summed E-state index contributed by atoms with van der Waals surface area (Å²) >= 11 is 0. The highest BCUT2D eigenvalue weighted by atomic mass is 16.5. The number of carbonyl (C=O) groups excluding carboxylic acids is 1. The number of amides is 2. The number of methoxy groups -OCH3 is 1. The van der Waals surface area contributed by atoms with Crippen molar-refractivity contribution in [2.75, 3.05) is 12.4 Å². The molecule has 0 aliphatic heterocycles. The van der Waals surface area contributed by atoms with Crippen LogP contribution in [0, 0.1) is 5.92 Å². The van der Waals surface area contributed by atoms with Crippen LogP contribution in [0.25, 0.3) is 0 Å². The summed E-state index contributed by atoms with van der Waals surface area (Å²) in [5.74, 6) is -0.865. The zero-order valence-corrected chi connectivity index (χ0v) is 12.6. The zero-order chi connectivity index (χ0) is 15.8. The highest BCUT2D eigenvalue weighted by molar-refractivity contribution is 5.92. The number of rotatable bonds is 7. The average Bonchev–Trinajstić information content (AvgIpc) is 2.40. The molecule has 2 amide bonds. The molecule has 0 radical (unpaired) electrons. The first-order valence-electron chi connectivity index (χ1n) is 6.81. The largest absolute Gasteiger partial charge is 0.480 e. The Labute approximate surface area is 124 Å². The quantitative estimate of drug-likeness (QED) is 0.721. The van der Waals surface area contributed by atoms with E-state index in [0.717, 1.165) is 5.56 Å². The highest BCUT2D eigenvalue weighted by Crippen LogP contribution is 2.15. The molecule has 0 unspecified atom stereocenters.